The fourth-order valence-corrected chi connectivity index (χ4v) is 3.22. The Bertz CT molecular complexity index is 790. The van der Waals surface area contributed by atoms with Crippen molar-refractivity contribution in [1.29, 1.82) is 0 Å². The van der Waals surface area contributed by atoms with Crippen LogP contribution in [0, 0.1) is 0 Å². The number of aromatic nitrogens is 1. The van der Waals surface area contributed by atoms with Crippen molar-refractivity contribution < 1.29 is 0 Å². The van der Waals surface area contributed by atoms with Crippen molar-refractivity contribution in [2.45, 2.75) is 40.5 Å². The van der Waals surface area contributed by atoms with Gasteiger partial charge >= 0.3 is 0 Å². The van der Waals surface area contributed by atoms with Crippen LogP contribution in [0.15, 0.2) is 42.5 Å². The third-order valence-corrected chi connectivity index (χ3v) is 4.07. The molecule has 0 spiro atoms. The lowest BCUT2D eigenvalue weighted by molar-refractivity contribution is 0.910. The van der Waals surface area contributed by atoms with E-state index >= 15 is 0 Å². The number of fused-ring (bicyclic) bond motifs is 5. The van der Waals surface area contributed by atoms with Crippen LogP contribution in [0.4, 0.5) is 0 Å². The van der Waals surface area contributed by atoms with E-state index in [1.807, 2.05) is 27.7 Å². The van der Waals surface area contributed by atoms with Crippen molar-refractivity contribution in [1.82, 2.24) is 4.57 Å². The van der Waals surface area contributed by atoms with Crippen molar-refractivity contribution in [2.24, 2.45) is 7.05 Å². The smallest absolute Gasteiger partial charge is 0.0565 e. The molecule has 0 bridgehead atoms. The molecule has 0 saturated carbocycles. The first-order valence-corrected chi connectivity index (χ1v) is 8.52. The number of nitrogens with zero attached hydrogens (tertiary/aromatic N) is 1. The van der Waals surface area contributed by atoms with E-state index in [-0.39, 0.29) is 0 Å². The number of hydrogen-bond acceptors (Lipinski definition) is 0. The Morgan fingerprint density at radius 1 is 0.864 bits per heavy atom. The molecule has 1 heterocycles. The summed E-state index contributed by atoms with van der Waals surface area (Å²) in [5, 5.41) is 4.11. The number of aryl methyl sites for hydroxylation is 2. The second kappa shape index (κ2) is 7.31. The number of rotatable bonds is 0. The van der Waals surface area contributed by atoms with E-state index in [4.69, 9.17) is 0 Å². The highest BCUT2D eigenvalue weighted by Crippen LogP contribution is 2.34. The molecule has 22 heavy (non-hydrogen) atoms. The molecule has 0 atom stereocenters. The molecule has 0 fully saturated rings. The Labute approximate surface area is 134 Å². The summed E-state index contributed by atoms with van der Waals surface area (Å²) in [5.41, 5.74) is 4.28. The van der Waals surface area contributed by atoms with Crippen LogP contribution in [-0.2, 0) is 13.5 Å². The summed E-state index contributed by atoms with van der Waals surface area (Å²) in [4.78, 5) is 0. The van der Waals surface area contributed by atoms with Gasteiger partial charge in [0.25, 0.3) is 0 Å². The van der Waals surface area contributed by atoms with Crippen LogP contribution in [0.2, 0.25) is 0 Å². The third kappa shape index (κ3) is 2.56. The van der Waals surface area contributed by atoms with Gasteiger partial charge in [-0.05, 0) is 29.9 Å². The Morgan fingerprint density at radius 3 is 2.36 bits per heavy atom. The molecule has 1 aromatic heterocycles. The van der Waals surface area contributed by atoms with Gasteiger partial charge in [-0.15, -0.1) is 0 Å². The standard InChI is InChI=1S/C17H15N.2C2H6/c1-18-16-9-5-4-8-14(16)15-11-10-12-6-2-3-7-13(12)17(15)18;2*1-2/h2-3,5-7,9-11H,4,8H2,1H3;2*1-2H3. The summed E-state index contributed by atoms with van der Waals surface area (Å²) in [6, 6.07) is 13.2. The van der Waals surface area contributed by atoms with E-state index in [1.54, 1.807) is 0 Å². The van der Waals surface area contributed by atoms with Gasteiger partial charge in [-0.2, -0.15) is 0 Å². The second-order valence-corrected chi connectivity index (χ2v) is 5.05. The number of hydrogen-bond donors (Lipinski definition) is 0. The Kier molecular flexibility index (Phi) is 5.43. The molecule has 0 N–H and O–H groups in total. The third-order valence-electron chi connectivity index (χ3n) is 4.07. The normalized spacial score (nSPS) is 12.2. The highest BCUT2D eigenvalue weighted by molar-refractivity contribution is 6.08. The maximum atomic E-state index is 2.35. The predicted octanol–water partition coefficient (Wildman–Crippen LogP) is 6.34. The summed E-state index contributed by atoms with van der Waals surface area (Å²) in [6.07, 6.45) is 6.89. The van der Waals surface area contributed by atoms with Crippen molar-refractivity contribution >= 4 is 27.8 Å². The van der Waals surface area contributed by atoms with Gasteiger partial charge in [0.1, 0.15) is 0 Å². The topological polar surface area (TPSA) is 4.93 Å². The van der Waals surface area contributed by atoms with Crippen molar-refractivity contribution in [3.8, 4) is 0 Å². The van der Waals surface area contributed by atoms with E-state index in [9.17, 15) is 0 Å². The molecule has 1 heteroatoms. The Hall–Kier alpha value is -2.02. The van der Waals surface area contributed by atoms with Gasteiger partial charge in [0.05, 0.1) is 5.52 Å². The first-order valence-electron chi connectivity index (χ1n) is 8.52. The molecule has 0 unspecified atom stereocenters. The van der Waals surface area contributed by atoms with Gasteiger partial charge in [0.15, 0.2) is 0 Å². The molecule has 0 saturated heterocycles. The summed E-state index contributed by atoms with van der Waals surface area (Å²) in [5.74, 6) is 0. The van der Waals surface area contributed by atoms with Crippen LogP contribution < -0.4 is 0 Å². The first-order chi connectivity index (χ1) is 10.9. The van der Waals surface area contributed by atoms with Crippen molar-refractivity contribution in [2.75, 3.05) is 0 Å². The zero-order chi connectivity index (χ0) is 16.1. The van der Waals surface area contributed by atoms with E-state index in [1.165, 1.54) is 45.8 Å². The van der Waals surface area contributed by atoms with E-state index in [0.29, 0.717) is 0 Å². The largest absolute Gasteiger partial charge is 0.343 e. The van der Waals surface area contributed by atoms with Crippen LogP contribution in [0.1, 0.15) is 45.4 Å². The fourth-order valence-electron chi connectivity index (χ4n) is 3.22. The van der Waals surface area contributed by atoms with Crippen LogP contribution >= 0.6 is 0 Å². The Morgan fingerprint density at radius 2 is 1.59 bits per heavy atom. The first kappa shape index (κ1) is 16.4. The maximum Gasteiger partial charge on any atom is 0.0565 e. The lowest BCUT2D eigenvalue weighted by atomic mass is 9.99. The molecule has 0 radical (unpaired) electrons. The highest BCUT2D eigenvalue weighted by atomic mass is 14.9. The zero-order valence-corrected chi connectivity index (χ0v) is 14.5. The van der Waals surface area contributed by atoms with Gasteiger partial charge in [-0.1, -0.05) is 70.2 Å². The average Bonchev–Trinajstić information content (AvgIpc) is 2.92. The highest BCUT2D eigenvalue weighted by Gasteiger charge is 2.16. The number of benzene rings is 2. The molecule has 1 aliphatic carbocycles. The molecule has 0 aliphatic heterocycles. The van der Waals surface area contributed by atoms with E-state index in [0.717, 1.165) is 0 Å². The Balaban J connectivity index is 0.000000410. The fraction of sp³-hybridized carbons (Fsp3) is 0.333. The van der Waals surface area contributed by atoms with Gasteiger partial charge in [-0.3, -0.25) is 0 Å². The quantitative estimate of drug-likeness (QED) is 0.455. The molecule has 4 rings (SSSR count). The average molecular weight is 293 g/mol. The molecule has 0 amide bonds. The van der Waals surface area contributed by atoms with Gasteiger partial charge in [0.2, 0.25) is 0 Å². The molecule has 1 nitrogen and oxygen atoms in total. The van der Waals surface area contributed by atoms with Crippen LogP contribution in [0.5, 0.6) is 0 Å². The molecule has 1 aliphatic rings. The summed E-state index contributed by atoms with van der Waals surface area (Å²) >= 11 is 0. The minimum atomic E-state index is 1.17. The molecular formula is C21H27N. The monoisotopic (exact) mass is 293 g/mol. The summed E-state index contributed by atoms with van der Waals surface area (Å²) in [7, 11) is 2.18. The van der Waals surface area contributed by atoms with E-state index in [2.05, 4.69) is 60.2 Å². The lowest BCUT2D eigenvalue weighted by Crippen LogP contribution is -1.96. The van der Waals surface area contributed by atoms with Crippen molar-refractivity contribution in [3.63, 3.8) is 0 Å². The van der Waals surface area contributed by atoms with Crippen LogP contribution in [-0.4, -0.2) is 4.57 Å². The minimum Gasteiger partial charge on any atom is -0.343 e. The van der Waals surface area contributed by atoms with Crippen molar-refractivity contribution in [3.05, 3.63) is 53.7 Å². The zero-order valence-electron chi connectivity index (χ0n) is 14.5. The minimum absolute atomic E-state index is 1.17. The maximum absolute atomic E-state index is 2.35. The molecule has 116 valence electrons. The van der Waals surface area contributed by atoms with Crippen LogP contribution in [0.3, 0.4) is 0 Å². The molecular weight excluding hydrogens is 266 g/mol. The second-order valence-electron chi connectivity index (χ2n) is 5.05. The van der Waals surface area contributed by atoms with E-state index < -0.39 is 0 Å². The number of allylic oxidation sites excluding steroid dienone is 1. The summed E-state index contributed by atoms with van der Waals surface area (Å²) < 4.78 is 2.35. The molecule has 3 aromatic rings. The SMILES string of the molecule is CC.CC.Cn1c2c(c3ccc4ccccc4c31)CCC=C2. The van der Waals surface area contributed by atoms with Gasteiger partial charge in [-0.25, -0.2) is 0 Å². The van der Waals surface area contributed by atoms with Gasteiger partial charge < -0.3 is 4.57 Å². The van der Waals surface area contributed by atoms with Gasteiger partial charge in [0, 0.05) is 23.5 Å². The predicted molar refractivity (Wildman–Crippen MR) is 100 cm³/mol. The lowest BCUT2D eigenvalue weighted by Gasteiger charge is -2.06. The summed E-state index contributed by atoms with van der Waals surface area (Å²) in [6.45, 7) is 8.00. The molecule has 2 aromatic carbocycles. The van der Waals surface area contributed by atoms with Crippen LogP contribution in [0.25, 0.3) is 27.8 Å².